The predicted octanol–water partition coefficient (Wildman–Crippen LogP) is 2.87. The van der Waals surface area contributed by atoms with Gasteiger partial charge in [0.1, 0.15) is 4.90 Å². The highest BCUT2D eigenvalue weighted by atomic mass is 35.5. The number of nitrogens with two attached hydrogens (primary N) is 1. The third-order valence-corrected chi connectivity index (χ3v) is 6.48. The summed E-state index contributed by atoms with van der Waals surface area (Å²) in [6, 6.07) is 2.88. The molecule has 0 spiro atoms. The zero-order chi connectivity index (χ0) is 15.6. The van der Waals surface area contributed by atoms with Gasteiger partial charge in [-0.25, -0.2) is 13.1 Å². The molecule has 0 aliphatic carbocycles. The Labute approximate surface area is 134 Å². The molecule has 0 aromatic heterocycles. The molecule has 4 nitrogen and oxygen atoms in total. The maximum atomic E-state index is 12.3. The maximum absolute atomic E-state index is 12.3. The second-order valence-corrected chi connectivity index (χ2v) is 8.86. The van der Waals surface area contributed by atoms with Gasteiger partial charge in [0.25, 0.3) is 0 Å². The van der Waals surface area contributed by atoms with E-state index in [1.807, 2.05) is 20.1 Å². The van der Waals surface area contributed by atoms with E-state index in [2.05, 4.69) is 4.72 Å². The van der Waals surface area contributed by atoms with Gasteiger partial charge in [0, 0.05) is 28.4 Å². The highest BCUT2D eigenvalue weighted by Gasteiger charge is 2.24. The Bertz CT molecular complexity index is 589. The van der Waals surface area contributed by atoms with Crippen molar-refractivity contribution in [3.05, 3.63) is 27.7 Å². The first-order chi connectivity index (χ1) is 9.14. The number of benzene rings is 1. The largest absolute Gasteiger partial charge is 0.326 e. The van der Waals surface area contributed by atoms with Crippen LogP contribution in [-0.4, -0.2) is 26.0 Å². The Kier molecular flexibility index (Phi) is 6.19. The second kappa shape index (κ2) is 6.85. The molecular formula is C12H18Cl2N2O2S2. The second-order valence-electron chi connectivity index (χ2n) is 4.83. The number of rotatable bonds is 6. The van der Waals surface area contributed by atoms with Crippen molar-refractivity contribution in [1.82, 2.24) is 4.72 Å². The van der Waals surface area contributed by atoms with Gasteiger partial charge in [-0.2, -0.15) is 11.8 Å². The first-order valence-electron chi connectivity index (χ1n) is 5.86. The van der Waals surface area contributed by atoms with Crippen molar-refractivity contribution in [1.29, 1.82) is 0 Å². The molecule has 0 unspecified atom stereocenters. The third-order valence-electron chi connectivity index (χ3n) is 2.88. The molecule has 1 rings (SSSR count). The molecule has 0 aliphatic heterocycles. The van der Waals surface area contributed by atoms with E-state index in [9.17, 15) is 8.42 Å². The Morgan fingerprint density at radius 1 is 1.35 bits per heavy atom. The van der Waals surface area contributed by atoms with Crippen LogP contribution in [-0.2, 0) is 16.6 Å². The number of nitrogens with one attached hydrogen (secondary N) is 1. The van der Waals surface area contributed by atoms with Gasteiger partial charge in [-0.15, -0.1) is 0 Å². The van der Waals surface area contributed by atoms with Crippen LogP contribution in [0.3, 0.4) is 0 Å². The molecule has 8 heteroatoms. The zero-order valence-electron chi connectivity index (χ0n) is 11.5. The predicted molar refractivity (Wildman–Crippen MR) is 87.1 cm³/mol. The standard InChI is InChI=1S/C12H18Cl2N2O2S2/c1-12(2,19-3)7-16-20(17,18)10-5-4-9(13)8(6-15)11(10)14/h4-5,16H,6-7,15H2,1-3H3. The summed E-state index contributed by atoms with van der Waals surface area (Å²) < 4.78 is 27.0. The van der Waals surface area contributed by atoms with E-state index >= 15 is 0 Å². The van der Waals surface area contributed by atoms with Gasteiger partial charge >= 0.3 is 0 Å². The molecule has 0 bridgehead atoms. The SMILES string of the molecule is CSC(C)(C)CNS(=O)(=O)c1ccc(Cl)c(CN)c1Cl. The lowest BCUT2D eigenvalue weighted by atomic mass is 10.2. The molecule has 0 amide bonds. The normalized spacial score (nSPS) is 12.7. The Balaban J connectivity index is 3.11. The molecule has 0 heterocycles. The molecule has 0 atom stereocenters. The lowest BCUT2D eigenvalue weighted by molar-refractivity contribution is 0.570. The summed E-state index contributed by atoms with van der Waals surface area (Å²) in [5, 5.41) is 0.440. The van der Waals surface area contributed by atoms with E-state index in [1.54, 1.807) is 11.8 Å². The third kappa shape index (κ3) is 4.26. The number of thioether (sulfide) groups is 1. The van der Waals surface area contributed by atoms with Crippen LogP contribution in [0.1, 0.15) is 19.4 Å². The van der Waals surface area contributed by atoms with Crippen molar-refractivity contribution >= 4 is 45.0 Å². The first kappa shape index (κ1) is 18.1. The summed E-state index contributed by atoms with van der Waals surface area (Å²) in [7, 11) is -3.69. The molecular weight excluding hydrogens is 339 g/mol. The van der Waals surface area contributed by atoms with Gasteiger partial charge in [-0.3, -0.25) is 0 Å². The summed E-state index contributed by atoms with van der Waals surface area (Å²) >= 11 is 13.6. The Morgan fingerprint density at radius 2 is 1.95 bits per heavy atom. The van der Waals surface area contributed by atoms with Crippen LogP contribution in [0.25, 0.3) is 0 Å². The van der Waals surface area contributed by atoms with Crippen molar-refractivity contribution in [2.45, 2.75) is 30.0 Å². The molecule has 1 aromatic rings. The fourth-order valence-electron chi connectivity index (χ4n) is 1.39. The number of hydrogen-bond acceptors (Lipinski definition) is 4. The molecule has 1 aromatic carbocycles. The van der Waals surface area contributed by atoms with Gasteiger partial charge < -0.3 is 5.73 Å². The van der Waals surface area contributed by atoms with Crippen molar-refractivity contribution in [2.75, 3.05) is 12.8 Å². The quantitative estimate of drug-likeness (QED) is 0.821. The first-order valence-corrected chi connectivity index (χ1v) is 9.33. The fraction of sp³-hybridized carbons (Fsp3) is 0.500. The van der Waals surface area contributed by atoms with Crippen LogP contribution in [0, 0.1) is 0 Å². The van der Waals surface area contributed by atoms with Crippen molar-refractivity contribution < 1.29 is 8.42 Å². The summed E-state index contributed by atoms with van der Waals surface area (Å²) in [5.41, 5.74) is 5.97. The van der Waals surface area contributed by atoms with Crippen molar-refractivity contribution in [3.8, 4) is 0 Å². The number of sulfonamides is 1. The molecule has 20 heavy (non-hydrogen) atoms. The van der Waals surface area contributed by atoms with E-state index in [-0.39, 0.29) is 21.2 Å². The van der Waals surface area contributed by atoms with Gasteiger partial charge in [0.05, 0.1) is 5.02 Å². The molecule has 3 N–H and O–H groups in total. The lowest BCUT2D eigenvalue weighted by Gasteiger charge is -2.22. The van der Waals surface area contributed by atoms with Gasteiger partial charge in [0.2, 0.25) is 10.0 Å². The van der Waals surface area contributed by atoms with E-state index in [1.165, 1.54) is 12.1 Å². The van der Waals surface area contributed by atoms with Crippen LogP contribution >= 0.6 is 35.0 Å². The minimum Gasteiger partial charge on any atom is -0.326 e. The van der Waals surface area contributed by atoms with Crippen LogP contribution < -0.4 is 10.5 Å². The molecule has 0 radical (unpaired) electrons. The lowest BCUT2D eigenvalue weighted by Crippen LogP contribution is -2.36. The minimum atomic E-state index is -3.69. The maximum Gasteiger partial charge on any atom is 0.242 e. The van der Waals surface area contributed by atoms with E-state index in [4.69, 9.17) is 28.9 Å². The molecule has 0 fully saturated rings. The van der Waals surface area contributed by atoms with Crippen LogP contribution in [0.4, 0.5) is 0 Å². The van der Waals surface area contributed by atoms with Gasteiger partial charge in [0.15, 0.2) is 0 Å². The molecule has 0 aliphatic rings. The molecule has 114 valence electrons. The van der Waals surface area contributed by atoms with Crippen LogP contribution in [0.15, 0.2) is 17.0 Å². The van der Waals surface area contributed by atoms with Crippen LogP contribution in [0.2, 0.25) is 10.0 Å². The highest BCUT2D eigenvalue weighted by Crippen LogP contribution is 2.31. The van der Waals surface area contributed by atoms with E-state index in [0.717, 1.165) is 0 Å². The summed E-state index contributed by atoms with van der Waals surface area (Å²) in [6.45, 7) is 4.29. The summed E-state index contributed by atoms with van der Waals surface area (Å²) in [6.07, 6.45) is 1.93. The zero-order valence-corrected chi connectivity index (χ0v) is 14.7. The Hall–Kier alpha value is 0.0200. The van der Waals surface area contributed by atoms with E-state index in [0.29, 0.717) is 17.1 Å². The minimum absolute atomic E-state index is 0.000852. The average Bonchev–Trinajstić information content (AvgIpc) is 2.37. The van der Waals surface area contributed by atoms with Crippen LogP contribution in [0.5, 0.6) is 0 Å². The smallest absolute Gasteiger partial charge is 0.242 e. The van der Waals surface area contributed by atoms with Crippen molar-refractivity contribution in [2.24, 2.45) is 5.73 Å². The van der Waals surface area contributed by atoms with Gasteiger partial charge in [-0.05, 0) is 32.2 Å². The topological polar surface area (TPSA) is 72.2 Å². The van der Waals surface area contributed by atoms with Crippen molar-refractivity contribution in [3.63, 3.8) is 0 Å². The Morgan fingerprint density at radius 3 is 2.45 bits per heavy atom. The summed E-state index contributed by atoms with van der Waals surface area (Å²) in [4.78, 5) is 0.000852. The average molecular weight is 357 g/mol. The summed E-state index contributed by atoms with van der Waals surface area (Å²) in [5.74, 6) is 0. The molecule has 0 saturated carbocycles. The van der Waals surface area contributed by atoms with Gasteiger partial charge in [-0.1, -0.05) is 23.2 Å². The number of hydrogen-bond donors (Lipinski definition) is 2. The monoisotopic (exact) mass is 356 g/mol. The molecule has 0 saturated heterocycles. The highest BCUT2D eigenvalue weighted by molar-refractivity contribution is 8.00. The van der Waals surface area contributed by atoms with E-state index < -0.39 is 10.0 Å². The fourth-order valence-corrected chi connectivity index (χ4v) is 3.84. The number of halogens is 2.